The van der Waals surface area contributed by atoms with Crippen molar-refractivity contribution in [1.82, 2.24) is 0 Å². The molecule has 0 aliphatic carbocycles. The highest BCUT2D eigenvalue weighted by Gasteiger charge is 1.93. The van der Waals surface area contributed by atoms with Gasteiger partial charge in [-0.2, -0.15) is 0 Å². The van der Waals surface area contributed by atoms with Crippen LogP contribution in [0.4, 0.5) is 0 Å². The molecule has 3 aromatic rings. The first-order chi connectivity index (χ1) is 9.42. The van der Waals surface area contributed by atoms with Crippen LogP contribution in [-0.2, 0) is 0 Å². The van der Waals surface area contributed by atoms with Crippen LogP contribution in [0.1, 0.15) is 5.56 Å². The first kappa shape index (κ1) is 12.1. The lowest BCUT2D eigenvalue weighted by atomic mass is 10.1. The highest BCUT2D eigenvalue weighted by atomic mass is 32.2. The Kier molecular flexibility index (Phi) is 3.66. The molecule has 92 valence electrons. The van der Waals surface area contributed by atoms with Crippen LogP contribution >= 0.6 is 11.8 Å². The molecule has 0 amide bonds. The summed E-state index contributed by atoms with van der Waals surface area (Å²) >= 11 is 1.74. The molecule has 0 nitrogen and oxygen atoms in total. The maximum Gasteiger partial charge on any atom is 0.0116 e. The van der Waals surface area contributed by atoms with E-state index in [1.54, 1.807) is 11.8 Å². The van der Waals surface area contributed by atoms with Crippen LogP contribution in [-0.4, -0.2) is 0 Å². The normalized spacial score (nSPS) is 11.2. The minimum absolute atomic E-state index is 1.24. The Bertz CT molecular complexity index is 699. The summed E-state index contributed by atoms with van der Waals surface area (Å²) in [6.07, 6.45) is 2.16. The Hall–Kier alpha value is -1.99. The van der Waals surface area contributed by atoms with E-state index in [1.165, 1.54) is 21.2 Å². The van der Waals surface area contributed by atoms with E-state index < -0.39 is 0 Å². The van der Waals surface area contributed by atoms with E-state index in [0.717, 1.165) is 0 Å². The molecule has 0 spiro atoms. The van der Waals surface area contributed by atoms with Crippen LogP contribution in [0.25, 0.3) is 16.8 Å². The molecule has 0 saturated heterocycles. The molecule has 0 aliphatic heterocycles. The summed E-state index contributed by atoms with van der Waals surface area (Å²) in [7, 11) is 0. The maximum atomic E-state index is 2.22. The van der Waals surface area contributed by atoms with Crippen molar-refractivity contribution in [3.05, 3.63) is 83.8 Å². The summed E-state index contributed by atoms with van der Waals surface area (Å²) in [5.41, 5.74) is 1.24. The second-order valence-corrected chi connectivity index (χ2v) is 5.32. The number of rotatable bonds is 3. The van der Waals surface area contributed by atoms with Gasteiger partial charge in [0.2, 0.25) is 0 Å². The van der Waals surface area contributed by atoms with Crippen molar-refractivity contribution in [2.45, 2.75) is 4.90 Å². The zero-order valence-corrected chi connectivity index (χ0v) is 11.3. The molecule has 1 heteroatoms. The minimum Gasteiger partial charge on any atom is -0.0981 e. The first-order valence-electron chi connectivity index (χ1n) is 6.29. The van der Waals surface area contributed by atoms with Gasteiger partial charge in [0.05, 0.1) is 0 Å². The van der Waals surface area contributed by atoms with Crippen LogP contribution in [0.3, 0.4) is 0 Å². The third-order valence-corrected chi connectivity index (χ3v) is 3.80. The lowest BCUT2D eigenvalue weighted by Crippen LogP contribution is -1.74. The molecule has 3 aromatic carbocycles. The molecular weight excluding hydrogens is 248 g/mol. The van der Waals surface area contributed by atoms with E-state index in [0.29, 0.717) is 0 Å². The summed E-state index contributed by atoms with van der Waals surface area (Å²) in [6.45, 7) is 0. The molecule has 0 atom stereocenters. The Balaban J connectivity index is 1.78. The number of hydrogen-bond donors (Lipinski definition) is 0. The van der Waals surface area contributed by atoms with Gasteiger partial charge in [0.25, 0.3) is 0 Å². The van der Waals surface area contributed by atoms with Gasteiger partial charge in [-0.1, -0.05) is 66.4 Å². The SMILES string of the molecule is C(=C\c1ccc2ccccc2c1)/Sc1ccccc1. The smallest absolute Gasteiger partial charge is 0.0116 e. The molecule has 0 radical (unpaired) electrons. The van der Waals surface area contributed by atoms with E-state index in [9.17, 15) is 0 Å². The summed E-state index contributed by atoms with van der Waals surface area (Å²) in [5.74, 6) is 0. The van der Waals surface area contributed by atoms with Crippen molar-refractivity contribution in [2.75, 3.05) is 0 Å². The average Bonchev–Trinajstić information content (AvgIpc) is 2.48. The van der Waals surface area contributed by atoms with Crippen LogP contribution in [0.5, 0.6) is 0 Å². The number of benzene rings is 3. The monoisotopic (exact) mass is 262 g/mol. The molecule has 0 bridgehead atoms. The molecule has 19 heavy (non-hydrogen) atoms. The first-order valence-corrected chi connectivity index (χ1v) is 7.17. The summed E-state index contributed by atoms with van der Waals surface area (Å²) in [4.78, 5) is 1.26. The van der Waals surface area contributed by atoms with Crippen molar-refractivity contribution in [3.8, 4) is 0 Å². The second kappa shape index (κ2) is 5.77. The average molecular weight is 262 g/mol. The predicted molar refractivity (Wildman–Crippen MR) is 85.3 cm³/mol. The lowest BCUT2D eigenvalue weighted by molar-refractivity contribution is 1.47. The van der Waals surface area contributed by atoms with E-state index in [2.05, 4.69) is 78.2 Å². The summed E-state index contributed by atoms with van der Waals surface area (Å²) < 4.78 is 0. The van der Waals surface area contributed by atoms with E-state index >= 15 is 0 Å². The van der Waals surface area contributed by atoms with Gasteiger partial charge in [-0.3, -0.25) is 0 Å². The van der Waals surface area contributed by atoms with Gasteiger partial charge in [0.1, 0.15) is 0 Å². The maximum absolute atomic E-state index is 2.22. The van der Waals surface area contributed by atoms with Gasteiger partial charge >= 0.3 is 0 Å². The number of hydrogen-bond acceptors (Lipinski definition) is 1. The Morgan fingerprint density at radius 2 is 1.42 bits per heavy atom. The van der Waals surface area contributed by atoms with Crippen LogP contribution < -0.4 is 0 Å². The Morgan fingerprint density at radius 3 is 2.26 bits per heavy atom. The van der Waals surface area contributed by atoms with E-state index in [4.69, 9.17) is 0 Å². The fourth-order valence-electron chi connectivity index (χ4n) is 2.00. The lowest BCUT2D eigenvalue weighted by Gasteiger charge is -1.99. The molecule has 0 heterocycles. The third-order valence-electron chi connectivity index (χ3n) is 2.98. The molecule has 3 rings (SSSR count). The Labute approximate surface area is 117 Å². The van der Waals surface area contributed by atoms with E-state index in [-0.39, 0.29) is 0 Å². The van der Waals surface area contributed by atoms with E-state index in [1.807, 2.05) is 6.07 Å². The van der Waals surface area contributed by atoms with Crippen molar-refractivity contribution >= 4 is 28.6 Å². The molecule has 0 aliphatic rings. The largest absolute Gasteiger partial charge is 0.0981 e. The topological polar surface area (TPSA) is 0 Å². The van der Waals surface area contributed by atoms with Gasteiger partial charge in [-0.05, 0) is 46.0 Å². The number of fused-ring (bicyclic) bond motifs is 1. The van der Waals surface area contributed by atoms with Crippen molar-refractivity contribution in [3.63, 3.8) is 0 Å². The minimum atomic E-state index is 1.24. The van der Waals surface area contributed by atoms with Gasteiger partial charge in [0.15, 0.2) is 0 Å². The molecule has 0 aromatic heterocycles. The highest BCUT2D eigenvalue weighted by molar-refractivity contribution is 8.02. The molecule has 0 saturated carbocycles. The van der Waals surface area contributed by atoms with Crippen molar-refractivity contribution in [1.29, 1.82) is 0 Å². The predicted octanol–water partition coefficient (Wildman–Crippen LogP) is 5.60. The Morgan fingerprint density at radius 1 is 0.684 bits per heavy atom. The molecule has 0 N–H and O–H groups in total. The van der Waals surface area contributed by atoms with Crippen molar-refractivity contribution in [2.24, 2.45) is 0 Å². The third kappa shape index (κ3) is 3.07. The van der Waals surface area contributed by atoms with Crippen LogP contribution in [0.2, 0.25) is 0 Å². The van der Waals surface area contributed by atoms with Gasteiger partial charge in [-0.15, -0.1) is 0 Å². The van der Waals surface area contributed by atoms with Gasteiger partial charge in [-0.25, -0.2) is 0 Å². The summed E-state index contributed by atoms with van der Waals surface area (Å²) in [6, 6.07) is 25.4. The number of thioether (sulfide) groups is 1. The van der Waals surface area contributed by atoms with Gasteiger partial charge in [0, 0.05) is 4.90 Å². The van der Waals surface area contributed by atoms with Crippen LogP contribution in [0.15, 0.2) is 83.1 Å². The van der Waals surface area contributed by atoms with Gasteiger partial charge < -0.3 is 0 Å². The zero-order valence-electron chi connectivity index (χ0n) is 10.5. The highest BCUT2D eigenvalue weighted by Crippen LogP contribution is 2.21. The fourth-order valence-corrected chi connectivity index (χ4v) is 2.70. The standard InChI is InChI=1S/C18H14S/c1-2-8-18(9-3-1)19-13-12-15-10-11-16-6-4-5-7-17(16)14-15/h1-14H/b13-12+. The molecular formula is C18H14S. The fraction of sp³-hybridized carbons (Fsp3) is 0. The zero-order chi connectivity index (χ0) is 12.9. The molecule has 0 unspecified atom stereocenters. The van der Waals surface area contributed by atoms with Crippen molar-refractivity contribution < 1.29 is 0 Å². The summed E-state index contributed by atoms with van der Waals surface area (Å²) in [5, 5.41) is 4.71. The second-order valence-electron chi connectivity index (χ2n) is 4.34. The molecule has 0 fully saturated rings. The van der Waals surface area contributed by atoms with Crippen LogP contribution in [0, 0.1) is 0 Å². The quantitative estimate of drug-likeness (QED) is 0.553.